The number of carbonyl (C=O) groups excluding carboxylic acids is 2. The summed E-state index contributed by atoms with van der Waals surface area (Å²) in [6, 6.07) is 0. The lowest BCUT2D eigenvalue weighted by Gasteiger charge is -2.32. The van der Waals surface area contributed by atoms with Gasteiger partial charge in [0.25, 0.3) is 0 Å². The van der Waals surface area contributed by atoms with Crippen LogP contribution >= 0.6 is 0 Å². The van der Waals surface area contributed by atoms with Gasteiger partial charge in [-0.2, -0.15) is 0 Å². The second-order valence-corrected chi connectivity index (χ2v) is 4.66. The van der Waals surface area contributed by atoms with E-state index >= 15 is 0 Å². The molecule has 1 rings (SSSR count). The predicted molar refractivity (Wildman–Crippen MR) is 65.6 cm³/mol. The summed E-state index contributed by atoms with van der Waals surface area (Å²) in [4.78, 5) is 24.3. The van der Waals surface area contributed by atoms with E-state index in [0.29, 0.717) is 19.7 Å². The Bertz CT molecular complexity index is 296. The van der Waals surface area contributed by atoms with Gasteiger partial charge in [0.05, 0.1) is 25.0 Å². The maximum Gasteiger partial charge on any atom is 0.308 e. The molecule has 0 aromatic heterocycles. The summed E-state index contributed by atoms with van der Waals surface area (Å²) in [6.07, 6.45) is 0.932. The summed E-state index contributed by atoms with van der Waals surface area (Å²) >= 11 is 0. The monoisotopic (exact) mass is 258 g/mol. The molecule has 1 heterocycles. The zero-order valence-electron chi connectivity index (χ0n) is 10.8. The van der Waals surface area contributed by atoms with E-state index in [0.717, 1.165) is 19.4 Å². The molecule has 0 aromatic carbocycles. The molecular weight excluding hydrogens is 236 g/mol. The molecule has 2 unspecified atom stereocenters. The van der Waals surface area contributed by atoms with Crippen molar-refractivity contribution in [2.24, 2.45) is 11.7 Å². The third-order valence-electron chi connectivity index (χ3n) is 3.08. The number of carbonyl (C=O) groups is 2. The van der Waals surface area contributed by atoms with E-state index in [9.17, 15) is 14.7 Å². The maximum absolute atomic E-state index is 11.2. The highest BCUT2D eigenvalue weighted by Gasteiger charge is 2.25. The first-order valence-corrected chi connectivity index (χ1v) is 6.38. The number of ether oxygens (including phenoxy) is 1. The SMILES string of the molecule is CCOC(=O)CC(O)CN1CCCC(C(N)=O)C1. The topological polar surface area (TPSA) is 92.9 Å². The highest BCUT2D eigenvalue weighted by atomic mass is 16.5. The van der Waals surface area contributed by atoms with Crippen LogP contribution < -0.4 is 5.73 Å². The fourth-order valence-electron chi connectivity index (χ4n) is 2.23. The van der Waals surface area contributed by atoms with Gasteiger partial charge in [-0.15, -0.1) is 0 Å². The molecule has 0 radical (unpaired) electrons. The molecule has 6 heteroatoms. The van der Waals surface area contributed by atoms with Gasteiger partial charge in [0.15, 0.2) is 0 Å². The number of esters is 1. The van der Waals surface area contributed by atoms with Crippen LogP contribution in [0.4, 0.5) is 0 Å². The molecule has 0 bridgehead atoms. The van der Waals surface area contributed by atoms with Crippen molar-refractivity contribution >= 4 is 11.9 Å². The van der Waals surface area contributed by atoms with E-state index in [1.165, 1.54) is 0 Å². The number of primary amides is 1. The third-order valence-corrected chi connectivity index (χ3v) is 3.08. The van der Waals surface area contributed by atoms with Crippen molar-refractivity contribution in [2.45, 2.75) is 32.3 Å². The van der Waals surface area contributed by atoms with Crippen LogP contribution in [0, 0.1) is 5.92 Å². The standard InChI is InChI=1S/C12H22N2O4/c1-2-18-11(16)6-10(15)8-14-5-3-4-9(7-14)12(13)17/h9-10,15H,2-8H2,1H3,(H2,13,17). The van der Waals surface area contributed by atoms with Crippen LogP contribution in [0.15, 0.2) is 0 Å². The van der Waals surface area contributed by atoms with Gasteiger partial charge >= 0.3 is 5.97 Å². The molecule has 1 aliphatic heterocycles. The fourth-order valence-corrected chi connectivity index (χ4v) is 2.23. The zero-order chi connectivity index (χ0) is 13.5. The van der Waals surface area contributed by atoms with Gasteiger partial charge < -0.3 is 15.6 Å². The van der Waals surface area contributed by atoms with E-state index in [1.807, 2.05) is 4.90 Å². The number of nitrogens with two attached hydrogens (primary N) is 1. The second kappa shape index (κ2) is 7.33. The zero-order valence-corrected chi connectivity index (χ0v) is 10.8. The van der Waals surface area contributed by atoms with Crippen LogP contribution in [0.1, 0.15) is 26.2 Å². The number of hydrogen-bond acceptors (Lipinski definition) is 5. The molecule has 0 aromatic rings. The highest BCUT2D eigenvalue weighted by molar-refractivity contribution is 5.76. The lowest BCUT2D eigenvalue weighted by atomic mass is 9.97. The number of likely N-dealkylation sites (tertiary alicyclic amines) is 1. The van der Waals surface area contributed by atoms with Crippen LogP contribution in [-0.2, 0) is 14.3 Å². The van der Waals surface area contributed by atoms with Gasteiger partial charge in [-0.3, -0.25) is 14.5 Å². The minimum atomic E-state index is -0.754. The van der Waals surface area contributed by atoms with Crippen molar-refractivity contribution in [1.82, 2.24) is 4.90 Å². The van der Waals surface area contributed by atoms with E-state index in [-0.39, 0.29) is 18.2 Å². The van der Waals surface area contributed by atoms with Crippen LogP contribution in [0.25, 0.3) is 0 Å². The normalized spacial score (nSPS) is 22.4. The number of piperidine rings is 1. The summed E-state index contributed by atoms with van der Waals surface area (Å²) in [5, 5.41) is 9.76. The Labute approximate surface area is 107 Å². The Morgan fingerprint density at radius 3 is 2.89 bits per heavy atom. The Hall–Kier alpha value is -1.14. The Balaban J connectivity index is 2.32. The first-order valence-electron chi connectivity index (χ1n) is 6.38. The molecule has 1 fully saturated rings. The van der Waals surface area contributed by atoms with E-state index in [4.69, 9.17) is 10.5 Å². The minimum Gasteiger partial charge on any atom is -0.466 e. The average molecular weight is 258 g/mol. The van der Waals surface area contributed by atoms with E-state index in [2.05, 4.69) is 0 Å². The minimum absolute atomic E-state index is 0.00836. The molecule has 0 aliphatic carbocycles. The molecule has 0 saturated carbocycles. The molecule has 0 spiro atoms. The number of aliphatic hydroxyl groups is 1. The van der Waals surface area contributed by atoms with Gasteiger partial charge in [-0.1, -0.05) is 0 Å². The van der Waals surface area contributed by atoms with E-state index < -0.39 is 12.1 Å². The summed E-state index contributed by atoms with van der Waals surface area (Å²) < 4.78 is 4.77. The summed E-state index contributed by atoms with van der Waals surface area (Å²) in [6.45, 7) is 3.81. The highest BCUT2D eigenvalue weighted by Crippen LogP contribution is 2.16. The van der Waals surface area contributed by atoms with Crippen molar-refractivity contribution in [3.05, 3.63) is 0 Å². The van der Waals surface area contributed by atoms with Crippen molar-refractivity contribution in [3.8, 4) is 0 Å². The van der Waals surface area contributed by atoms with Crippen LogP contribution in [0.5, 0.6) is 0 Å². The van der Waals surface area contributed by atoms with Crippen molar-refractivity contribution in [1.29, 1.82) is 0 Å². The number of rotatable bonds is 6. The Morgan fingerprint density at radius 1 is 1.56 bits per heavy atom. The van der Waals surface area contributed by atoms with Crippen LogP contribution in [0.3, 0.4) is 0 Å². The summed E-state index contributed by atoms with van der Waals surface area (Å²) in [7, 11) is 0. The number of nitrogens with zero attached hydrogens (tertiary/aromatic N) is 1. The Kier molecular flexibility index (Phi) is 6.07. The van der Waals surface area contributed by atoms with Gasteiger partial charge in [0, 0.05) is 13.1 Å². The summed E-state index contributed by atoms with van der Waals surface area (Å²) in [5.74, 6) is -0.832. The molecule has 3 N–H and O–H groups in total. The smallest absolute Gasteiger partial charge is 0.308 e. The van der Waals surface area contributed by atoms with Gasteiger partial charge in [-0.25, -0.2) is 0 Å². The second-order valence-electron chi connectivity index (χ2n) is 4.66. The summed E-state index contributed by atoms with van der Waals surface area (Å²) in [5.41, 5.74) is 5.28. The predicted octanol–water partition coefficient (Wildman–Crippen LogP) is -0.502. The van der Waals surface area contributed by atoms with E-state index in [1.54, 1.807) is 6.92 Å². The maximum atomic E-state index is 11.2. The van der Waals surface area contributed by atoms with Crippen LogP contribution in [0.2, 0.25) is 0 Å². The first-order chi connectivity index (χ1) is 8.52. The van der Waals surface area contributed by atoms with Crippen molar-refractivity contribution in [3.63, 3.8) is 0 Å². The van der Waals surface area contributed by atoms with Gasteiger partial charge in [0.2, 0.25) is 5.91 Å². The van der Waals surface area contributed by atoms with Crippen molar-refractivity contribution in [2.75, 3.05) is 26.2 Å². The lowest BCUT2D eigenvalue weighted by Crippen LogP contribution is -2.44. The molecule has 2 atom stereocenters. The van der Waals surface area contributed by atoms with Crippen molar-refractivity contribution < 1.29 is 19.4 Å². The number of aliphatic hydroxyl groups excluding tert-OH is 1. The molecule has 6 nitrogen and oxygen atoms in total. The molecule has 1 saturated heterocycles. The third kappa shape index (κ3) is 5.01. The first kappa shape index (κ1) is 14.9. The molecule has 1 amide bonds. The Morgan fingerprint density at radius 2 is 2.28 bits per heavy atom. The molecule has 104 valence electrons. The number of hydrogen-bond donors (Lipinski definition) is 2. The quantitative estimate of drug-likeness (QED) is 0.626. The molecule has 18 heavy (non-hydrogen) atoms. The number of amides is 1. The van der Waals surface area contributed by atoms with Gasteiger partial charge in [0.1, 0.15) is 0 Å². The molecular formula is C12H22N2O4. The van der Waals surface area contributed by atoms with Crippen LogP contribution in [-0.4, -0.2) is 54.2 Å². The van der Waals surface area contributed by atoms with Gasteiger partial charge in [-0.05, 0) is 26.3 Å². The fraction of sp³-hybridized carbons (Fsp3) is 0.833. The lowest BCUT2D eigenvalue weighted by molar-refractivity contribution is -0.145. The average Bonchev–Trinajstić information content (AvgIpc) is 2.29. The molecule has 1 aliphatic rings. The largest absolute Gasteiger partial charge is 0.466 e. The number of β-amino-alcohol motifs (C(OH)–C–C–N with tert-alkyl or cyclic N) is 1.